The number of ether oxygens (including phenoxy) is 10. The monoisotopic (exact) mass is 940 g/mol. The number of esters is 2. The molecule has 0 bridgehead atoms. The lowest BCUT2D eigenvalue weighted by Crippen LogP contribution is -2.72. The van der Waals surface area contributed by atoms with Gasteiger partial charge in [0.2, 0.25) is 0 Å². The lowest BCUT2D eigenvalue weighted by molar-refractivity contribution is -0.386. The second-order valence-corrected chi connectivity index (χ2v) is 20.1. The average molecular weight is 941 g/mol. The smallest absolute Gasteiger partial charge is 0.333 e. The molecule has 7 rings (SSSR count). The highest BCUT2D eigenvalue weighted by Crippen LogP contribution is 2.69. The molecule has 3 saturated heterocycles. The number of hydrogen-bond acceptors (Lipinski definition) is 19. The highest BCUT2D eigenvalue weighted by Gasteiger charge is 2.75. The Morgan fingerprint density at radius 3 is 2.03 bits per heavy atom. The maximum atomic E-state index is 13.6. The van der Waals surface area contributed by atoms with Gasteiger partial charge in [0.15, 0.2) is 25.2 Å². The first-order valence-corrected chi connectivity index (χ1v) is 23.4. The molecule has 0 aromatic rings. The van der Waals surface area contributed by atoms with Crippen molar-refractivity contribution in [2.24, 2.45) is 28.6 Å². The molecule has 0 spiro atoms. The third kappa shape index (κ3) is 8.86. The van der Waals surface area contributed by atoms with Gasteiger partial charge in [-0.15, -0.1) is 0 Å². The van der Waals surface area contributed by atoms with E-state index in [0.29, 0.717) is 44.1 Å². The fourth-order valence-corrected chi connectivity index (χ4v) is 12.7. The molecule has 19 nitrogen and oxygen atoms in total. The van der Waals surface area contributed by atoms with Crippen LogP contribution in [0.25, 0.3) is 0 Å². The Hall–Kier alpha value is -2.47. The van der Waals surface area contributed by atoms with E-state index in [2.05, 4.69) is 13.0 Å². The summed E-state index contributed by atoms with van der Waals surface area (Å²) in [7, 11) is 2.60. The molecule has 0 aromatic carbocycles. The molecule has 3 aliphatic heterocycles. The lowest BCUT2D eigenvalue weighted by Gasteiger charge is -2.64. The quantitative estimate of drug-likeness (QED) is 0.0920. The average Bonchev–Trinajstić information content (AvgIpc) is 3.55. The number of rotatable bonds is 12. The summed E-state index contributed by atoms with van der Waals surface area (Å²) in [6, 6.07) is 0. The molecule has 6 fully saturated rings. The van der Waals surface area contributed by atoms with E-state index in [1.54, 1.807) is 33.8 Å². The molecule has 23 atom stereocenters. The molecule has 66 heavy (non-hydrogen) atoms. The number of aliphatic hydroxyl groups is 6. The summed E-state index contributed by atoms with van der Waals surface area (Å²) in [5.74, 6) is -2.77. The van der Waals surface area contributed by atoms with Crippen LogP contribution in [0.15, 0.2) is 23.3 Å². The summed E-state index contributed by atoms with van der Waals surface area (Å²) < 4.78 is 59.8. The Balaban J connectivity index is 1.02. The minimum Gasteiger partial charge on any atom is -0.458 e. The van der Waals surface area contributed by atoms with Gasteiger partial charge in [-0.05, 0) is 84.5 Å². The third-order valence-electron chi connectivity index (χ3n) is 16.4. The molecule has 0 aromatic heterocycles. The van der Waals surface area contributed by atoms with E-state index < -0.39 is 145 Å². The molecule has 3 saturated carbocycles. The Morgan fingerprint density at radius 2 is 1.41 bits per heavy atom. The number of hydrogen-bond donors (Lipinski definition) is 6. The lowest BCUT2D eigenvalue weighted by atomic mass is 9.44. The SMILES string of the molecule is C/C=C(\C)C(=O)O[C@@H]1[C@@H](OC(C)=O)[C@H]2[C@@H](CC=C3C[C@@H](O[C@H]4C[C@@H](O)[C@H](O[C@@H]5O[C@H](C)[C@@H](O[C@@H]6O[C@H](OC)[C@@H](O)[C@H](O)[C@H]6O)[C@@H](OC)[C@H]5O)[C@@H](C)O4)CC[C@@]32C)[C@@]2(O)CC[C@H](C(C)=O)[C@@]12C. The van der Waals surface area contributed by atoms with Crippen molar-refractivity contribution in [3.8, 4) is 0 Å². The predicted octanol–water partition coefficient (Wildman–Crippen LogP) is 1.48. The van der Waals surface area contributed by atoms with E-state index in [0.717, 1.165) is 5.57 Å². The summed E-state index contributed by atoms with van der Waals surface area (Å²) in [5, 5.41) is 67.0. The standard InChI is InChI=1S/C47H72O19/c1-11-20(2)41(55)65-40-38(61-24(6)49)31-28(47(56)17-15-27(21(3)48)46(40,47)8)13-12-25-18-26(14-16-45(25,31)7)62-30-19-29(50)36(22(4)59-30)63-44-35(54)39(57-9)37(23(5)60-44)64-43-34(53)32(51)33(52)42(58-10)66-43/h11-12,22-23,26-40,42-44,50-54,56H,13-19H2,1-10H3/b20-11+/t22-,23-,26+,27-,28-,29-,30+,31-,32+,33+,34-,35-,36-,37-,38+,39+,40-,42+,43-,44+,45+,46+,47+/m1/s1. The normalized spacial score (nSPS) is 49.5. The fourth-order valence-electron chi connectivity index (χ4n) is 12.7. The van der Waals surface area contributed by atoms with E-state index in [-0.39, 0.29) is 18.3 Å². The maximum Gasteiger partial charge on any atom is 0.333 e. The Bertz CT molecular complexity index is 1830. The predicted molar refractivity (Wildman–Crippen MR) is 227 cm³/mol. The first kappa shape index (κ1) is 51.4. The van der Waals surface area contributed by atoms with Crippen LogP contribution in [0.5, 0.6) is 0 Å². The summed E-state index contributed by atoms with van der Waals surface area (Å²) in [6.45, 7) is 13.4. The molecular formula is C47H72O19. The van der Waals surface area contributed by atoms with Crippen LogP contribution in [0.3, 0.4) is 0 Å². The number of aliphatic hydroxyl groups excluding tert-OH is 5. The number of carbonyl (C=O) groups excluding carboxylic acids is 3. The fraction of sp³-hybridized carbons (Fsp3) is 0.851. The largest absolute Gasteiger partial charge is 0.458 e. The zero-order valence-corrected chi connectivity index (χ0v) is 39.6. The van der Waals surface area contributed by atoms with Gasteiger partial charge in [-0.1, -0.05) is 31.6 Å². The number of fused-ring (bicyclic) bond motifs is 5. The molecular weight excluding hydrogens is 868 g/mol. The molecule has 0 unspecified atom stereocenters. The zero-order chi connectivity index (χ0) is 48.4. The summed E-state index contributed by atoms with van der Waals surface area (Å²) in [6.07, 6.45) is -12.7. The van der Waals surface area contributed by atoms with Crippen molar-refractivity contribution in [2.75, 3.05) is 14.2 Å². The second kappa shape index (κ2) is 19.7. The Kier molecular flexibility index (Phi) is 15.4. The van der Waals surface area contributed by atoms with Gasteiger partial charge in [0.1, 0.15) is 60.7 Å². The van der Waals surface area contributed by atoms with Crippen molar-refractivity contribution in [1.29, 1.82) is 0 Å². The molecule has 374 valence electrons. The van der Waals surface area contributed by atoms with Crippen LogP contribution < -0.4 is 0 Å². The van der Waals surface area contributed by atoms with Gasteiger partial charge >= 0.3 is 11.9 Å². The van der Waals surface area contributed by atoms with Gasteiger partial charge < -0.3 is 78.0 Å². The summed E-state index contributed by atoms with van der Waals surface area (Å²) >= 11 is 0. The van der Waals surface area contributed by atoms with Crippen LogP contribution >= 0.6 is 0 Å². The third-order valence-corrected chi connectivity index (χ3v) is 16.4. The van der Waals surface area contributed by atoms with E-state index in [9.17, 15) is 45.0 Å². The zero-order valence-electron chi connectivity index (χ0n) is 39.6. The van der Waals surface area contributed by atoms with Crippen molar-refractivity contribution in [3.05, 3.63) is 23.3 Å². The summed E-state index contributed by atoms with van der Waals surface area (Å²) in [4.78, 5) is 39.8. The van der Waals surface area contributed by atoms with Gasteiger partial charge in [-0.2, -0.15) is 0 Å². The molecule has 6 N–H and O–H groups in total. The number of methoxy groups -OCH3 is 2. The van der Waals surface area contributed by atoms with Gasteiger partial charge in [-0.3, -0.25) is 9.59 Å². The van der Waals surface area contributed by atoms with E-state index >= 15 is 0 Å². The first-order valence-electron chi connectivity index (χ1n) is 23.4. The van der Waals surface area contributed by atoms with E-state index in [1.165, 1.54) is 28.1 Å². The van der Waals surface area contributed by atoms with E-state index in [4.69, 9.17) is 47.4 Å². The maximum absolute atomic E-state index is 13.6. The van der Waals surface area contributed by atoms with Crippen LogP contribution in [0, 0.1) is 28.6 Å². The van der Waals surface area contributed by atoms with Crippen LogP contribution in [0.2, 0.25) is 0 Å². The molecule has 0 radical (unpaired) electrons. The van der Waals surface area contributed by atoms with Crippen LogP contribution in [0.4, 0.5) is 0 Å². The minimum absolute atomic E-state index is 0.0339. The number of allylic oxidation sites excluding steroid dienone is 2. The number of Topliss-reactive ketones (excluding diaryl/α,β-unsaturated/α-hetero) is 1. The van der Waals surface area contributed by atoms with Crippen LogP contribution in [0.1, 0.15) is 100 Å². The van der Waals surface area contributed by atoms with Gasteiger partial charge in [-0.25, -0.2) is 4.79 Å². The molecule has 19 heteroatoms. The van der Waals surface area contributed by atoms with Crippen LogP contribution in [-0.2, 0) is 61.8 Å². The van der Waals surface area contributed by atoms with Crippen molar-refractivity contribution in [1.82, 2.24) is 0 Å². The second-order valence-electron chi connectivity index (χ2n) is 20.1. The number of carbonyl (C=O) groups is 3. The Morgan fingerprint density at radius 1 is 0.758 bits per heavy atom. The van der Waals surface area contributed by atoms with Gasteiger partial charge in [0.05, 0.1) is 30.0 Å². The molecule has 7 aliphatic rings. The van der Waals surface area contributed by atoms with Gasteiger partial charge in [0.25, 0.3) is 0 Å². The highest BCUT2D eigenvalue weighted by molar-refractivity contribution is 5.88. The molecule has 4 aliphatic carbocycles. The van der Waals surface area contributed by atoms with Crippen molar-refractivity contribution in [3.63, 3.8) is 0 Å². The van der Waals surface area contributed by atoms with Crippen molar-refractivity contribution in [2.45, 2.75) is 210 Å². The molecule has 3 heterocycles. The first-order chi connectivity index (χ1) is 31.1. The summed E-state index contributed by atoms with van der Waals surface area (Å²) in [5.41, 5.74) is -1.85. The van der Waals surface area contributed by atoms with E-state index in [1.807, 2.05) is 6.92 Å². The highest BCUT2D eigenvalue weighted by atomic mass is 16.8. The van der Waals surface area contributed by atoms with Gasteiger partial charge in [0, 0.05) is 50.4 Å². The Labute approximate surface area is 385 Å². The van der Waals surface area contributed by atoms with Crippen molar-refractivity contribution >= 4 is 17.7 Å². The van der Waals surface area contributed by atoms with Crippen LogP contribution in [-0.4, -0.2) is 173 Å². The van der Waals surface area contributed by atoms with Crippen molar-refractivity contribution < 1.29 is 92.4 Å². The topological polar surface area (TPSA) is 265 Å². The minimum atomic E-state index is -1.66. The number of ketones is 1. The molecule has 0 amide bonds.